The summed E-state index contributed by atoms with van der Waals surface area (Å²) in [5, 5.41) is 14.4. The van der Waals surface area contributed by atoms with Crippen LogP contribution in [0, 0.1) is 17.0 Å². The van der Waals surface area contributed by atoms with E-state index in [9.17, 15) is 4.79 Å². The zero-order valence-corrected chi connectivity index (χ0v) is 8.02. The predicted molar refractivity (Wildman–Crippen MR) is 49.0 cm³/mol. The van der Waals surface area contributed by atoms with Crippen LogP contribution < -0.4 is 0 Å². The third-order valence-electron chi connectivity index (χ3n) is 1.36. The number of nitrogens with zero attached hydrogens (tertiary/aromatic N) is 1. The smallest absolute Gasteiger partial charge is 0.276 e. The Morgan fingerprint density at radius 3 is 2.14 bits per heavy atom. The normalized spacial score (nSPS) is 8.43. The molecule has 0 N–H and O–H groups in total. The molecule has 0 aromatic heterocycles. The van der Waals surface area contributed by atoms with Crippen molar-refractivity contribution in [3.63, 3.8) is 0 Å². The molecule has 1 radical (unpaired) electrons. The fourth-order valence-electron chi connectivity index (χ4n) is 0.793. The number of halogens is 1. The molecule has 0 unspecified atom stereocenters. The topological polar surface area (TPSA) is 80.1 Å². The van der Waals surface area contributed by atoms with E-state index in [2.05, 4.69) is 0 Å². The molecule has 0 aliphatic rings. The summed E-state index contributed by atoms with van der Waals surface area (Å²) in [5.74, 6) is 0. The van der Waals surface area contributed by atoms with Crippen molar-refractivity contribution >= 4 is 16.8 Å². The molecule has 0 atom stereocenters. The second kappa shape index (κ2) is 5.93. The van der Waals surface area contributed by atoms with Crippen molar-refractivity contribution in [3.8, 4) is 0 Å². The number of hydrogen-bond donors (Lipinski definition) is 0. The molecule has 6 heteroatoms. The van der Waals surface area contributed by atoms with E-state index < -0.39 is 10.3 Å². The van der Waals surface area contributed by atoms with Crippen LogP contribution in [-0.4, -0.2) is 10.3 Å². The fraction of sp³-hybridized carbons (Fsp3) is 0.125. The van der Waals surface area contributed by atoms with E-state index in [0.29, 0.717) is 5.56 Å². The van der Waals surface area contributed by atoms with Crippen molar-refractivity contribution in [2.75, 3.05) is 0 Å². The van der Waals surface area contributed by atoms with E-state index in [1.54, 1.807) is 12.1 Å². The van der Waals surface area contributed by atoms with Crippen LogP contribution >= 0.6 is 11.6 Å². The maximum Gasteiger partial charge on any atom is 0.322 e. The van der Waals surface area contributed by atoms with E-state index in [1.165, 1.54) is 0 Å². The summed E-state index contributed by atoms with van der Waals surface area (Å²) in [6.07, 6.45) is 0. The van der Waals surface area contributed by atoms with Gasteiger partial charge in [0.1, 0.15) is 0 Å². The number of carbonyl (C=O) groups is 1. The van der Waals surface area contributed by atoms with Gasteiger partial charge in [0.05, 0.1) is 0 Å². The van der Waals surface area contributed by atoms with E-state index in [-0.39, 0.29) is 0 Å². The van der Waals surface area contributed by atoms with Gasteiger partial charge in [-0.25, -0.2) is 0 Å². The van der Waals surface area contributed by atoms with E-state index in [1.807, 2.05) is 19.1 Å². The van der Waals surface area contributed by atoms with Crippen LogP contribution in [0.1, 0.15) is 15.9 Å². The van der Waals surface area contributed by atoms with Crippen molar-refractivity contribution < 1.29 is 15.1 Å². The van der Waals surface area contributed by atoms with Gasteiger partial charge in [-0.1, -0.05) is 18.2 Å². The molecule has 0 aliphatic heterocycles. The first-order valence-electron chi connectivity index (χ1n) is 3.52. The Labute approximate surface area is 85.0 Å². The first-order chi connectivity index (χ1) is 6.45. The van der Waals surface area contributed by atoms with Gasteiger partial charge in [0.15, 0.2) is 0 Å². The van der Waals surface area contributed by atoms with Crippen LogP contribution in [0.15, 0.2) is 24.3 Å². The maximum atomic E-state index is 10.6. The van der Waals surface area contributed by atoms with Crippen molar-refractivity contribution in [1.82, 2.24) is 0 Å². The Balaban J connectivity index is 0.000000364. The molecule has 0 saturated carbocycles. The third-order valence-corrected chi connectivity index (χ3v) is 1.56. The highest BCUT2D eigenvalue weighted by Crippen LogP contribution is 2.08. The molecule has 0 bridgehead atoms. The molecule has 0 amide bonds. The molecule has 0 saturated heterocycles. The second-order valence-corrected chi connectivity index (χ2v) is 2.66. The summed E-state index contributed by atoms with van der Waals surface area (Å²) in [6, 6.07) is 7.24. The summed E-state index contributed by atoms with van der Waals surface area (Å²) in [7, 11) is 0. The molecule has 75 valence electrons. The third kappa shape index (κ3) is 5.10. The minimum Gasteiger partial charge on any atom is -0.276 e. The van der Waals surface area contributed by atoms with Crippen LogP contribution in [0.4, 0.5) is 0 Å². The van der Waals surface area contributed by atoms with Crippen LogP contribution in [0.3, 0.4) is 0 Å². The molecule has 0 spiro atoms. The summed E-state index contributed by atoms with van der Waals surface area (Å²) in [6.45, 7) is 1.86. The largest absolute Gasteiger partial charge is 0.322 e. The van der Waals surface area contributed by atoms with Crippen molar-refractivity contribution in [2.24, 2.45) is 0 Å². The summed E-state index contributed by atoms with van der Waals surface area (Å²) >= 11 is 5.27. The van der Waals surface area contributed by atoms with Crippen molar-refractivity contribution in [3.05, 3.63) is 45.5 Å². The molecular formula is C8H7ClNO4. The van der Waals surface area contributed by atoms with Gasteiger partial charge in [0.2, 0.25) is 0 Å². The standard InChI is InChI=1S/C8H7ClO.NO3/c1-6-4-2-3-5-7(6)8(9)10;2-1(3)4/h2-5H,1H3;. The van der Waals surface area contributed by atoms with Crippen molar-refractivity contribution in [2.45, 2.75) is 6.92 Å². The average Bonchev–Trinajstić information content (AvgIpc) is 2.03. The number of aryl methyl sites for hydroxylation is 1. The second-order valence-electron chi connectivity index (χ2n) is 2.31. The maximum absolute atomic E-state index is 10.6. The highest BCUT2D eigenvalue weighted by molar-refractivity contribution is 6.67. The lowest BCUT2D eigenvalue weighted by Crippen LogP contribution is -1.90. The number of carbonyl (C=O) groups excluding carboxylic acids is 1. The van der Waals surface area contributed by atoms with Gasteiger partial charge < -0.3 is 0 Å². The quantitative estimate of drug-likeness (QED) is 0.409. The number of rotatable bonds is 1. The van der Waals surface area contributed by atoms with Gasteiger partial charge in [0, 0.05) is 5.56 Å². The van der Waals surface area contributed by atoms with Crippen LogP contribution in [0.5, 0.6) is 0 Å². The minimum atomic E-state index is -1.75. The number of hydrogen-bond acceptors (Lipinski definition) is 3. The first-order valence-corrected chi connectivity index (χ1v) is 3.90. The lowest BCUT2D eigenvalue weighted by molar-refractivity contribution is -0.782. The molecule has 1 aromatic carbocycles. The van der Waals surface area contributed by atoms with E-state index >= 15 is 0 Å². The summed E-state index contributed by atoms with van der Waals surface area (Å²) < 4.78 is 0. The lowest BCUT2D eigenvalue weighted by Gasteiger charge is -1.96. The molecular weight excluding hydrogens is 210 g/mol. The molecule has 0 aliphatic carbocycles. The first kappa shape index (κ1) is 12.4. The highest BCUT2D eigenvalue weighted by atomic mass is 35.5. The molecule has 0 fully saturated rings. The van der Waals surface area contributed by atoms with Gasteiger partial charge in [-0.2, -0.15) is 0 Å². The summed E-state index contributed by atoms with van der Waals surface area (Å²) in [4.78, 5) is 18.9. The van der Waals surface area contributed by atoms with E-state index in [4.69, 9.17) is 26.9 Å². The summed E-state index contributed by atoms with van der Waals surface area (Å²) in [5.41, 5.74) is 1.51. The van der Waals surface area contributed by atoms with Crippen LogP contribution in [0.25, 0.3) is 0 Å². The monoisotopic (exact) mass is 216 g/mol. The Bertz CT molecular complexity index is 336. The van der Waals surface area contributed by atoms with Gasteiger partial charge >= 0.3 is 5.09 Å². The van der Waals surface area contributed by atoms with Crippen LogP contribution in [0.2, 0.25) is 0 Å². The van der Waals surface area contributed by atoms with Gasteiger partial charge in [-0.15, -0.1) is 15.3 Å². The van der Waals surface area contributed by atoms with Gasteiger partial charge in [-0.3, -0.25) is 4.79 Å². The Morgan fingerprint density at radius 2 is 1.86 bits per heavy atom. The Hall–Kier alpha value is -1.62. The van der Waals surface area contributed by atoms with Crippen molar-refractivity contribution in [1.29, 1.82) is 0 Å². The fourth-order valence-corrected chi connectivity index (χ4v) is 1.01. The predicted octanol–water partition coefficient (Wildman–Crippen LogP) is 1.98. The minimum absolute atomic E-state index is 0.391. The zero-order chi connectivity index (χ0) is 11.1. The highest BCUT2D eigenvalue weighted by Gasteiger charge is 2.02. The molecule has 1 aromatic rings. The van der Waals surface area contributed by atoms with Gasteiger partial charge in [-0.05, 0) is 30.2 Å². The zero-order valence-electron chi connectivity index (χ0n) is 7.27. The number of benzene rings is 1. The SMILES string of the molecule is Cc1ccccc1C(=O)Cl.[O][N+](=O)[O-]. The molecule has 14 heavy (non-hydrogen) atoms. The lowest BCUT2D eigenvalue weighted by atomic mass is 10.1. The Morgan fingerprint density at radius 1 is 1.43 bits per heavy atom. The molecule has 1 rings (SSSR count). The van der Waals surface area contributed by atoms with Crippen LogP contribution in [-0.2, 0) is 5.21 Å². The average molecular weight is 217 g/mol. The van der Waals surface area contributed by atoms with E-state index in [0.717, 1.165) is 5.56 Å². The molecule has 5 nitrogen and oxygen atoms in total. The molecule has 0 heterocycles. The Kier molecular flexibility index (Phi) is 5.24. The van der Waals surface area contributed by atoms with Gasteiger partial charge in [0.25, 0.3) is 5.24 Å².